The van der Waals surface area contributed by atoms with Gasteiger partial charge in [0.15, 0.2) is 12.4 Å². The van der Waals surface area contributed by atoms with Gasteiger partial charge in [0.05, 0.1) is 0 Å². The summed E-state index contributed by atoms with van der Waals surface area (Å²) >= 11 is 0. The fourth-order valence-corrected chi connectivity index (χ4v) is 2.39. The minimum absolute atomic E-state index is 0.00232. The fourth-order valence-electron chi connectivity index (χ4n) is 2.39. The van der Waals surface area contributed by atoms with Gasteiger partial charge >= 0.3 is 0 Å². The Morgan fingerprint density at radius 1 is 1.05 bits per heavy atom. The van der Waals surface area contributed by atoms with Crippen LogP contribution >= 0.6 is 0 Å². The van der Waals surface area contributed by atoms with Crippen molar-refractivity contribution in [3.05, 3.63) is 59.9 Å². The first kappa shape index (κ1) is 16.2. The molecule has 0 spiro atoms. The highest BCUT2D eigenvalue weighted by molar-refractivity contribution is 5.92. The van der Waals surface area contributed by atoms with E-state index in [0.717, 1.165) is 24.9 Å². The second-order valence-electron chi connectivity index (χ2n) is 5.62. The van der Waals surface area contributed by atoms with Crippen molar-refractivity contribution in [2.45, 2.75) is 46.1 Å². The molecule has 3 heteroatoms. The maximum absolute atomic E-state index is 12.3. The molecule has 116 valence electrons. The lowest BCUT2D eigenvalue weighted by Crippen LogP contribution is -2.44. The Hall–Kier alpha value is -2.16. The van der Waals surface area contributed by atoms with Crippen LogP contribution in [0.2, 0.25) is 0 Å². The van der Waals surface area contributed by atoms with Gasteiger partial charge in [0.1, 0.15) is 0 Å². The van der Waals surface area contributed by atoms with E-state index in [-0.39, 0.29) is 11.9 Å². The standard InChI is InChI=1S/C19H24N2O/c1-4-6-17-11-13-21(14-12-17)15(3)19(22)20-18-9-7-16(5-2)8-10-18/h7-15H,4-6H2,1-3H3/p+1/t15-/m0/s1. The third-order valence-electron chi connectivity index (χ3n) is 3.92. The quantitative estimate of drug-likeness (QED) is 0.810. The second-order valence-corrected chi connectivity index (χ2v) is 5.62. The number of hydrogen-bond acceptors (Lipinski definition) is 1. The van der Waals surface area contributed by atoms with Crippen LogP contribution in [0.15, 0.2) is 48.8 Å². The van der Waals surface area contributed by atoms with E-state index in [1.54, 1.807) is 0 Å². The molecule has 0 bridgehead atoms. The molecule has 1 aromatic carbocycles. The molecule has 0 aliphatic heterocycles. The number of rotatable bonds is 6. The molecule has 2 rings (SSSR count). The van der Waals surface area contributed by atoms with Gasteiger partial charge in [0.25, 0.3) is 5.91 Å². The maximum atomic E-state index is 12.3. The molecule has 1 amide bonds. The van der Waals surface area contributed by atoms with E-state index in [1.807, 2.05) is 48.1 Å². The number of nitrogens with zero attached hydrogens (tertiary/aromatic N) is 1. The van der Waals surface area contributed by atoms with E-state index in [9.17, 15) is 4.79 Å². The van der Waals surface area contributed by atoms with Crippen molar-refractivity contribution in [1.29, 1.82) is 0 Å². The van der Waals surface area contributed by atoms with Crippen LogP contribution in [0.4, 0.5) is 5.69 Å². The lowest BCUT2D eigenvalue weighted by atomic mass is 10.1. The van der Waals surface area contributed by atoms with E-state index in [2.05, 4.69) is 31.3 Å². The van der Waals surface area contributed by atoms with Crippen molar-refractivity contribution in [3.8, 4) is 0 Å². The number of anilines is 1. The summed E-state index contributed by atoms with van der Waals surface area (Å²) in [6.45, 7) is 6.20. The number of nitrogens with one attached hydrogen (secondary N) is 1. The Balaban J connectivity index is 2.01. The van der Waals surface area contributed by atoms with Crippen molar-refractivity contribution in [1.82, 2.24) is 0 Å². The molecule has 0 saturated carbocycles. The van der Waals surface area contributed by atoms with E-state index >= 15 is 0 Å². The van der Waals surface area contributed by atoms with Gasteiger partial charge in [-0.2, -0.15) is 4.57 Å². The Labute approximate surface area is 133 Å². The number of hydrogen-bond donors (Lipinski definition) is 1. The predicted molar refractivity (Wildman–Crippen MR) is 89.8 cm³/mol. The molecule has 0 fully saturated rings. The summed E-state index contributed by atoms with van der Waals surface area (Å²) in [5.41, 5.74) is 3.42. The SMILES string of the molecule is CCCc1cc[n+]([C@@H](C)C(=O)Nc2ccc(CC)cc2)cc1. The fraction of sp³-hybridized carbons (Fsp3) is 0.368. The van der Waals surface area contributed by atoms with Crippen LogP contribution in [0.25, 0.3) is 0 Å². The molecule has 0 saturated heterocycles. The molecule has 0 aliphatic carbocycles. The van der Waals surface area contributed by atoms with Gasteiger partial charge in [-0.3, -0.25) is 4.79 Å². The predicted octanol–water partition coefficient (Wildman–Crippen LogP) is 3.69. The summed E-state index contributed by atoms with van der Waals surface area (Å²) in [6.07, 6.45) is 7.18. The van der Waals surface area contributed by atoms with Crippen LogP contribution in [0.5, 0.6) is 0 Å². The maximum Gasteiger partial charge on any atom is 0.293 e. The van der Waals surface area contributed by atoms with Crippen LogP contribution in [-0.2, 0) is 17.6 Å². The molecule has 0 radical (unpaired) electrons. The molecule has 1 heterocycles. The zero-order chi connectivity index (χ0) is 15.9. The molecule has 3 nitrogen and oxygen atoms in total. The normalized spacial score (nSPS) is 12.0. The largest absolute Gasteiger partial charge is 0.320 e. The molecule has 1 N–H and O–H groups in total. The first-order valence-corrected chi connectivity index (χ1v) is 8.03. The van der Waals surface area contributed by atoms with Gasteiger partial charge in [-0.1, -0.05) is 32.4 Å². The highest BCUT2D eigenvalue weighted by atomic mass is 16.2. The number of amides is 1. The number of aryl methyl sites for hydroxylation is 2. The van der Waals surface area contributed by atoms with Crippen molar-refractivity contribution in [3.63, 3.8) is 0 Å². The molecule has 0 aliphatic rings. The zero-order valence-electron chi connectivity index (χ0n) is 13.7. The van der Waals surface area contributed by atoms with E-state index in [0.29, 0.717) is 0 Å². The van der Waals surface area contributed by atoms with Crippen LogP contribution in [0.1, 0.15) is 44.4 Å². The summed E-state index contributed by atoms with van der Waals surface area (Å²) in [5.74, 6) is -0.00232. The van der Waals surface area contributed by atoms with E-state index in [4.69, 9.17) is 0 Å². The van der Waals surface area contributed by atoms with Crippen LogP contribution in [0, 0.1) is 0 Å². The van der Waals surface area contributed by atoms with Gasteiger partial charge in [-0.25, -0.2) is 0 Å². The van der Waals surface area contributed by atoms with Gasteiger partial charge in [-0.05, 0) is 36.1 Å². The Bertz CT molecular complexity index is 602. The van der Waals surface area contributed by atoms with Gasteiger partial charge in [-0.15, -0.1) is 0 Å². The van der Waals surface area contributed by atoms with Gasteiger partial charge in [0, 0.05) is 24.7 Å². The molecule has 2 aromatic rings. The van der Waals surface area contributed by atoms with Crippen molar-refractivity contribution >= 4 is 11.6 Å². The molecule has 0 unspecified atom stereocenters. The third-order valence-corrected chi connectivity index (χ3v) is 3.92. The smallest absolute Gasteiger partial charge is 0.293 e. The van der Waals surface area contributed by atoms with Crippen LogP contribution in [-0.4, -0.2) is 5.91 Å². The second kappa shape index (κ2) is 7.74. The third kappa shape index (κ3) is 4.17. The highest BCUT2D eigenvalue weighted by Gasteiger charge is 2.21. The molecule has 22 heavy (non-hydrogen) atoms. The molecular weight excluding hydrogens is 272 g/mol. The lowest BCUT2D eigenvalue weighted by Gasteiger charge is -2.09. The first-order valence-electron chi connectivity index (χ1n) is 8.03. The average Bonchev–Trinajstić information content (AvgIpc) is 2.56. The van der Waals surface area contributed by atoms with E-state index < -0.39 is 0 Å². The minimum atomic E-state index is -0.235. The monoisotopic (exact) mass is 297 g/mol. The summed E-state index contributed by atoms with van der Waals surface area (Å²) < 4.78 is 1.94. The van der Waals surface area contributed by atoms with Crippen molar-refractivity contribution in [2.75, 3.05) is 5.32 Å². The topological polar surface area (TPSA) is 33.0 Å². The number of benzene rings is 1. The number of carbonyl (C=O) groups excluding carboxylic acids is 1. The van der Waals surface area contributed by atoms with Crippen molar-refractivity contribution in [2.24, 2.45) is 0 Å². The molecular formula is C19H25N2O+. The average molecular weight is 297 g/mol. The van der Waals surface area contributed by atoms with Crippen LogP contribution < -0.4 is 9.88 Å². The summed E-state index contributed by atoms with van der Waals surface area (Å²) in [6, 6.07) is 11.9. The summed E-state index contributed by atoms with van der Waals surface area (Å²) in [5, 5.41) is 2.97. The number of pyridine rings is 1. The van der Waals surface area contributed by atoms with Crippen molar-refractivity contribution < 1.29 is 9.36 Å². The van der Waals surface area contributed by atoms with Gasteiger partial charge < -0.3 is 5.32 Å². The zero-order valence-corrected chi connectivity index (χ0v) is 13.7. The Kier molecular flexibility index (Phi) is 5.70. The Morgan fingerprint density at radius 2 is 1.68 bits per heavy atom. The number of aromatic nitrogens is 1. The van der Waals surface area contributed by atoms with Crippen LogP contribution in [0.3, 0.4) is 0 Å². The highest BCUT2D eigenvalue weighted by Crippen LogP contribution is 2.11. The minimum Gasteiger partial charge on any atom is -0.320 e. The molecule has 1 aromatic heterocycles. The Morgan fingerprint density at radius 3 is 2.23 bits per heavy atom. The molecule has 1 atom stereocenters. The number of carbonyl (C=O) groups is 1. The summed E-state index contributed by atoms with van der Waals surface area (Å²) in [4.78, 5) is 12.3. The lowest BCUT2D eigenvalue weighted by molar-refractivity contribution is -0.705. The summed E-state index contributed by atoms with van der Waals surface area (Å²) in [7, 11) is 0. The van der Waals surface area contributed by atoms with Gasteiger partial charge in [0.2, 0.25) is 6.04 Å². The van der Waals surface area contributed by atoms with E-state index in [1.165, 1.54) is 11.1 Å². The first-order chi connectivity index (χ1) is 10.6.